The number of esters is 1. The molecule has 1 fully saturated rings. The molecule has 0 unspecified atom stereocenters. The van der Waals surface area contributed by atoms with Crippen molar-refractivity contribution in [3.05, 3.63) is 36.4 Å². The van der Waals surface area contributed by atoms with Gasteiger partial charge in [0, 0.05) is 18.8 Å². The lowest BCUT2D eigenvalue weighted by atomic mass is 9.98. The minimum absolute atomic E-state index is 0.264. The summed E-state index contributed by atoms with van der Waals surface area (Å²) in [6.07, 6.45) is 6.36. The number of benzene rings is 1. The largest absolute Gasteiger partial charge is 0.462 e. The molecule has 2 aromatic rings. The zero-order valence-electron chi connectivity index (χ0n) is 14.3. The first-order chi connectivity index (χ1) is 11.7. The lowest BCUT2D eigenvalue weighted by Crippen LogP contribution is -2.34. The summed E-state index contributed by atoms with van der Waals surface area (Å²) in [7, 11) is 0. The average Bonchev–Trinajstić information content (AvgIpc) is 3.14. The Morgan fingerprint density at radius 2 is 1.96 bits per heavy atom. The van der Waals surface area contributed by atoms with Gasteiger partial charge in [-0.2, -0.15) is 0 Å². The molecule has 0 atom stereocenters. The third kappa shape index (κ3) is 3.58. The lowest BCUT2D eigenvalue weighted by Gasteiger charge is -2.33. The van der Waals surface area contributed by atoms with E-state index in [1.807, 2.05) is 25.1 Å². The number of piperidine rings is 1. The number of carbonyl (C=O) groups is 1. The van der Waals surface area contributed by atoms with Gasteiger partial charge in [-0.1, -0.05) is 13.8 Å². The van der Waals surface area contributed by atoms with Crippen LogP contribution in [0.4, 0.5) is 5.69 Å². The highest BCUT2D eigenvalue weighted by Gasteiger charge is 2.22. The molecular formula is C18H24N4O2. The highest BCUT2D eigenvalue weighted by molar-refractivity contribution is 5.96. The highest BCUT2D eigenvalue weighted by atomic mass is 16.5. The van der Waals surface area contributed by atoms with Crippen molar-refractivity contribution in [1.29, 1.82) is 0 Å². The maximum Gasteiger partial charge on any atom is 0.340 e. The molecule has 128 valence electrons. The van der Waals surface area contributed by atoms with Crippen LogP contribution in [0.2, 0.25) is 0 Å². The zero-order chi connectivity index (χ0) is 16.9. The summed E-state index contributed by atoms with van der Waals surface area (Å²) >= 11 is 0. The van der Waals surface area contributed by atoms with Crippen LogP contribution in [0.15, 0.2) is 30.9 Å². The van der Waals surface area contributed by atoms with Gasteiger partial charge in [0.25, 0.3) is 0 Å². The molecule has 6 heteroatoms. The quantitative estimate of drug-likeness (QED) is 0.790. The fourth-order valence-corrected chi connectivity index (χ4v) is 2.98. The highest BCUT2D eigenvalue weighted by Crippen LogP contribution is 2.28. The molecule has 0 saturated carbocycles. The molecule has 0 amide bonds. The Labute approximate surface area is 142 Å². The van der Waals surface area contributed by atoms with Gasteiger partial charge in [0.1, 0.15) is 12.7 Å². The van der Waals surface area contributed by atoms with Gasteiger partial charge in [0.2, 0.25) is 0 Å². The van der Waals surface area contributed by atoms with E-state index in [0.29, 0.717) is 12.2 Å². The fourth-order valence-electron chi connectivity index (χ4n) is 2.98. The van der Waals surface area contributed by atoms with Gasteiger partial charge in [-0.15, -0.1) is 10.2 Å². The molecule has 0 N–H and O–H groups in total. The van der Waals surface area contributed by atoms with Crippen LogP contribution in [0.3, 0.4) is 0 Å². The zero-order valence-corrected chi connectivity index (χ0v) is 14.3. The van der Waals surface area contributed by atoms with Gasteiger partial charge < -0.3 is 9.64 Å². The first-order valence-corrected chi connectivity index (χ1v) is 8.60. The van der Waals surface area contributed by atoms with Crippen molar-refractivity contribution in [2.24, 2.45) is 5.92 Å². The smallest absolute Gasteiger partial charge is 0.340 e. The molecule has 1 saturated heterocycles. The van der Waals surface area contributed by atoms with E-state index in [9.17, 15) is 4.79 Å². The Morgan fingerprint density at radius 1 is 1.25 bits per heavy atom. The second-order valence-corrected chi connectivity index (χ2v) is 6.38. The Balaban J connectivity index is 1.93. The topological polar surface area (TPSA) is 60.3 Å². The maximum atomic E-state index is 12.6. The number of aromatic nitrogens is 3. The van der Waals surface area contributed by atoms with Crippen LogP contribution in [0.25, 0.3) is 5.69 Å². The van der Waals surface area contributed by atoms with E-state index in [1.54, 1.807) is 17.2 Å². The second kappa shape index (κ2) is 7.47. The summed E-state index contributed by atoms with van der Waals surface area (Å²) in [6, 6.07) is 5.87. The van der Waals surface area contributed by atoms with E-state index in [2.05, 4.69) is 22.0 Å². The SMILES string of the molecule is CCCOC(=O)c1cc(-n2cnnc2)ccc1N1CCC(C)CC1. The molecule has 1 aromatic carbocycles. The third-order valence-corrected chi connectivity index (χ3v) is 4.48. The molecule has 1 aromatic heterocycles. The van der Waals surface area contributed by atoms with Crippen LogP contribution in [-0.4, -0.2) is 40.4 Å². The van der Waals surface area contributed by atoms with E-state index < -0.39 is 0 Å². The number of ether oxygens (including phenoxy) is 1. The molecule has 0 bridgehead atoms. The minimum atomic E-state index is -0.264. The fraction of sp³-hybridized carbons (Fsp3) is 0.500. The molecule has 2 heterocycles. The predicted molar refractivity (Wildman–Crippen MR) is 92.5 cm³/mol. The first kappa shape index (κ1) is 16.5. The monoisotopic (exact) mass is 328 g/mol. The van der Waals surface area contributed by atoms with Crippen molar-refractivity contribution >= 4 is 11.7 Å². The van der Waals surface area contributed by atoms with Gasteiger partial charge in [-0.3, -0.25) is 4.57 Å². The van der Waals surface area contributed by atoms with Crippen molar-refractivity contribution in [2.75, 3.05) is 24.6 Å². The predicted octanol–water partition coefficient (Wildman–Crippen LogP) is 3.07. The molecular weight excluding hydrogens is 304 g/mol. The van der Waals surface area contributed by atoms with Crippen molar-refractivity contribution in [3.63, 3.8) is 0 Å². The van der Waals surface area contributed by atoms with Crippen molar-refractivity contribution in [1.82, 2.24) is 14.8 Å². The number of hydrogen-bond donors (Lipinski definition) is 0. The van der Waals surface area contributed by atoms with Crippen LogP contribution in [0, 0.1) is 5.92 Å². The number of rotatable bonds is 5. The normalized spacial score (nSPS) is 15.5. The summed E-state index contributed by atoms with van der Waals surface area (Å²) in [5.74, 6) is 0.480. The van der Waals surface area contributed by atoms with Crippen molar-refractivity contribution < 1.29 is 9.53 Å². The molecule has 6 nitrogen and oxygen atoms in total. The summed E-state index contributed by atoms with van der Waals surface area (Å²) in [5, 5.41) is 7.66. The molecule has 24 heavy (non-hydrogen) atoms. The van der Waals surface area contributed by atoms with Crippen LogP contribution in [-0.2, 0) is 4.74 Å². The summed E-state index contributed by atoms with van der Waals surface area (Å²) < 4.78 is 7.19. The van der Waals surface area contributed by atoms with Gasteiger partial charge >= 0.3 is 5.97 Å². The average molecular weight is 328 g/mol. The number of hydrogen-bond acceptors (Lipinski definition) is 5. The van der Waals surface area contributed by atoms with Gasteiger partial charge in [-0.25, -0.2) is 4.79 Å². The van der Waals surface area contributed by atoms with E-state index in [0.717, 1.165) is 49.6 Å². The molecule has 1 aliphatic rings. The summed E-state index contributed by atoms with van der Waals surface area (Å²) in [6.45, 7) is 6.66. The van der Waals surface area contributed by atoms with E-state index in [4.69, 9.17) is 4.74 Å². The molecule has 0 aliphatic carbocycles. The van der Waals surface area contributed by atoms with E-state index in [-0.39, 0.29) is 5.97 Å². The van der Waals surface area contributed by atoms with Crippen LogP contribution in [0.5, 0.6) is 0 Å². The van der Waals surface area contributed by atoms with Crippen molar-refractivity contribution in [2.45, 2.75) is 33.1 Å². The number of anilines is 1. The molecule has 3 rings (SSSR count). The lowest BCUT2D eigenvalue weighted by molar-refractivity contribution is 0.0505. The molecule has 0 radical (unpaired) electrons. The van der Waals surface area contributed by atoms with Gasteiger partial charge in [-0.05, 0) is 43.4 Å². The second-order valence-electron chi connectivity index (χ2n) is 6.38. The third-order valence-electron chi connectivity index (χ3n) is 4.48. The Hall–Kier alpha value is -2.37. The maximum absolute atomic E-state index is 12.6. The Bertz CT molecular complexity index is 676. The Kier molecular flexibility index (Phi) is 5.13. The van der Waals surface area contributed by atoms with Crippen LogP contribution < -0.4 is 4.90 Å². The Morgan fingerprint density at radius 3 is 2.62 bits per heavy atom. The van der Waals surface area contributed by atoms with Gasteiger partial charge in [0.05, 0.1) is 17.9 Å². The van der Waals surface area contributed by atoms with Gasteiger partial charge in [0.15, 0.2) is 0 Å². The summed E-state index contributed by atoms with van der Waals surface area (Å²) in [5.41, 5.74) is 2.43. The first-order valence-electron chi connectivity index (χ1n) is 8.60. The molecule has 0 spiro atoms. The number of nitrogens with zero attached hydrogens (tertiary/aromatic N) is 4. The summed E-state index contributed by atoms with van der Waals surface area (Å²) in [4.78, 5) is 14.9. The number of carbonyl (C=O) groups excluding carboxylic acids is 1. The van der Waals surface area contributed by atoms with Crippen LogP contribution in [0.1, 0.15) is 43.5 Å². The van der Waals surface area contributed by atoms with E-state index in [1.165, 1.54) is 0 Å². The van der Waals surface area contributed by atoms with Crippen LogP contribution >= 0.6 is 0 Å². The minimum Gasteiger partial charge on any atom is -0.462 e. The van der Waals surface area contributed by atoms with E-state index >= 15 is 0 Å². The van der Waals surface area contributed by atoms with Crippen molar-refractivity contribution in [3.8, 4) is 5.69 Å². The standard InChI is InChI=1S/C18H24N4O2/c1-3-10-24-18(23)16-11-15(22-12-19-20-13-22)4-5-17(16)21-8-6-14(2)7-9-21/h4-5,11-14H,3,6-10H2,1-2H3. The molecule has 1 aliphatic heterocycles.